The van der Waals surface area contributed by atoms with Crippen LogP contribution in [0.2, 0.25) is 0 Å². The number of allylic oxidation sites excluding steroid dienone is 2. The van der Waals surface area contributed by atoms with E-state index in [1.54, 1.807) is 0 Å². The highest BCUT2D eigenvalue weighted by molar-refractivity contribution is 4.81. The van der Waals surface area contributed by atoms with E-state index in [4.69, 9.17) is 11.5 Å². The van der Waals surface area contributed by atoms with Crippen molar-refractivity contribution in [2.75, 3.05) is 19.6 Å². The van der Waals surface area contributed by atoms with E-state index < -0.39 is 0 Å². The number of nitrogens with zero attached hydrogens (tertiary/aromatic N) is 1. The summed E-state index contributed by atoms with van der Waals surface area (Å²) in [5.74, 6) is 0. The molecule has 0 aliphatic heterocycles. The highest BCUT2D eigenvalue weighted by Crippen LogP contribution is 2.09. The summed E-state index contributed by atoms with van der Waals surface area (Å²) >= 11 is 0. The summed E-state index contributed by atoms with van der Waals surface area (Å²) in [6.07, 6.45) is 21.0. The molecule has 0 radical (unpaired) electrons. The lowest BCUT2D eigenvalue weighted by molar-refractivity contribution is 0.244. The Morgan fingerprint density at radius 2 is 1.12 bits per heavy atom. The lowest BCUT2D eigenvalue weighted by Gasteiger charge is -2.25. The molecule has 0 fully saturated rings. The van der Waals surface area contributed by atoms with Crippen LogP contribution in [0, 0.1) is 0 Å². The van der Waals surface area contributed by atoms with Crippen LogP contribution in [0.15, 0.2) is 12.2 Å². The Balaban J connectivity index is 3.45. The standard InChI is InChI=1S/C22H47N3/c1-4-5-6-7-8-9-10-11-12-13-14-15-16-17-18-25(19-21(2)23)20-22(3)24/h12-13,21-22H,4-11,14-20,23-24H2,1-3H3/b13-12+. The summed E-state index contributed by atoms with van der Waals surface area (Å²) in [7, 11) is 0. The fourth-order valence-corrected chi connectivity index (χ4v) is 3.30. The summed E-state index contributed by atoms with van der Waals surface area (Å²) in [6, 6.07) is 0.460. The van der Waals surface area contributed by atoms with Crippen molar-refractivity contribution in [3.05, 3.63) is 12.2 Å². The molecule has 0 rings (SSSR count). The fraction of sp³-hybridized carbons (Fsp3) is 0.909. The van der Waals surface area contributed by atoms with E-state index in [0.29, 0.717) is 0 Å². The Bertz CT molecular complexity index is 277. The summed E-state index contributed by atoms with van der Waals surface area (Å²) in [5.41, 5.74) is 11.9. The zero-order valence-electron chi connectivity index (χ0n) is 17.5. The molecule has 3 nitrogen and oxygen atoms in total. The molecular formula is C22H47N3. The minimum Gasteiger partial charge on any atom is -0.327 e. The predicted molar refractivity (Wildman–Crippen MR) is 114 cm³/mol. The van der Waals surface area contributed by atoms with Crippen molar-refractivity contribution in [3.8, 4) is 0 Å². The molecule has 25 heavy (non-hydrogen) atoms. The Hall–Kier alpha value is -0.380. The average Bonchev–Trinajstić information content (AvgIpc) is 2.54. The van der Waals surface area contributed by atoms with Crippen LogP contribution in [0.3, 0.4) is 0 Å². The van der Waals surface area contributed by atoms with E-state index in [2.05, 4.69) is 37.8 Å². The first-order chi connectivity index (χ1) is 12.1. The fourth-order valence-electron chi connectivity index (χ4n) is 3.30. The minimum atomic E-state index is 0.230. The third-order valence-electron chi connectivity index (χ3n) is 4.58. The smallest absolute Gasteiger partial charge is 0.0139 e. The highest BCUT2D eigenvalue weighted by atomic mass is 15.1. The SMILES string of the molecule is CCCCCCCCC/C=C/CCCCCN(CC(C)N)CC(C)N. The van der Waals surface area contributed by atoms with Crippen molar-refractivity contribution in [2.45, 2.75) is 110 Å². The van der Waals surface area contributed by atoms with Gasteiger partial charge in [-0.3, -0.25) is 0 Å². The molecule has 4 N–H and O–H groups in total. The Labute approximate surface area is 158 Å². The van der Waals surface area contributed by atoms with Crippen LogP contribution in [-0.2, 0) is 0 Å². The Morgan fingerprint density at radius 3 is 1.60 bits per heavy atom. The number of nitrogens with two attached hydrogens (primary N) is 2. The van der Waals surface area contributed by atoms with Crippen molar-refractivity contribution in [1.82, 2.24) is 4.90 Å². The van der Waals surface area contributed by atoms with Crippen molar-refractivity contribution >= 4 is 0 Å². The van der Waals surface area contributed by atoms with E-state index in [1.807, 2.05) is 0 Å². The molecule has 2 atom stereocenters. The molecule has 2 unspecified atom stereocenters. The molecule has 0 bridgehead atoms. The lowest BCUT2D eigenvalue weighted by atomic mass is 10.1. The molecule has 0 amide bonds. The maximum atomic E-state index is 5.93. The van der Waals surface area contributed by atoms with Crippen LogP contribution < -0.4 is 11.5 Å². The van der Waals surface area contributed by atoms with Crippen LogP contribution in [0.4, 0.5) is 0 Å². The molecule has 0 spiro atoms. The molecule has 0 aliphatic carbocycles. The van der Waals surface area contributed by atoms with E-state index >= 15 is 0 Å². The second-order valence-corrected chi connectivity index (χ2v) is 7.94. The topological polar surface area (TPSA) is 55.3 Å². The maximum absolute atomic E-state index is 5.93. The summed E-state index contributed by atoms with van der Waals surface area (Å²) in [4.78, 5) is 2.42. The van der Waals surface area contributed by atoms with Gasteiger partial charge in [-0.15, -0.1) is 0 Å². The first kappa shape index (κ1) is 24.6. The quantitative estimate of drug-likeness (QED) is 0.262. The first-order valence-electron chi connectivity index (χ1n) is 10.9. The van der Waals surface area contributed by atoms with E-state index in [1.165, 1.54) is 77.0 Å². The zero-order valence-corrected chi connectivity index (χ0v) is 17.5. The van der Waals surface area contributed by atoms with Gasteiger partial charge in [0.2, 0.25) is 0 Å². The zero-order chi connectivity index (χ0) is 18.8. The molecule has 0 saturated heterocycles. The number of rotatable bonds is 18. The molecule has 0 aromatic carbocycles. The van der Waals surface area contributed by atoms with Crippen LogP contribution in [0.25, 0.3) is 0 Å². The third kappa shape index (κ3) is 19.8. The second-order valence-electron chi connectivity index (χ2n) is 7.94. The molecule has 150 valence electrons. The van der Waals surface area contributed by atoms with Gasteiger partial charge in [0, 0.05) is 25.2 Å². The third-order valence-corrected chi connectivity index (χ3v) is 4.58. The molecule has 0 saturated carbocycles. The molecular weight excluding hydrogens is 306 g/mol. The predicted octanol–water partition coefficient (Wildman–Crippen LogP) is 5.24. The van der Waals surface area contributed by atoms with Crippen molar-refractivity contribution < 1.29 is 0 Å². The number of unbranched alkanes of at least 4 members (excludes halogenated alkanes) is 10. The normalized spacial score (nSPS) is 14.5. The van der Waals surface area contributed by atoms with Crippen molar-refractivity contribution in [3.63, 3.8) is 0 Å². The number of hydrogen-bond acceptors (Lipinski definition) is 3. The number of hydrogen-bond donors (Lipinski definition) is 2. The first-order valence-corrected chi connectivity index (χ1v) is 10.9. The summed E-state index contributed by atoms with van der Waals surface area (Å²) in [5, 5.41) is 0. The van der Waals surface area contributed by atoms with Gasteiger partial charge < -0.3 is 16.4 Å². The van der Waals surface area contributed by atoms with Gasteiger partial charge in [0.25, 0.3) is 0 Å². The van der Waals surface area contributed by atoms with Crippen LogP contribution >= 0.6 is 0 Å². The minimum absolute atomic E-state index is 0.230. The van der Waals surface area contributed by atoms with Crippen LogP contribution in [-0.4, -0.2) is 36.6 Å². The highest BCUT2D eigenvalue weighted by Gasteiger charge is 2.09. The second kappa shape index (κ2) is 18.4. The average molecular weight is 354 g/mol. The summed E-state index contributed by atoms with van der Waals surface area (Å²) < 4.78 is 0. The van der Waals surface area contributed by atoms with Gasteiger partial charge in [-0.2, -0.15) is 0 Å². The van der Waals surface area contributed by atoms with Gasteiger partial charge >= 0.3 is 0 Å². The molecule has 0 aromatic heterocycles. The van der Waals surface area contributed by atoms with Crippen LogP contribution in [0.5, 0.6) is 0 Å². The van der Waals surface area contributed by atoms with E-state index in [9.17, 15) is 0 Å². The van der Waals surface area contributed by atoms with Gasteiger partial charge in [-0.25, -0.2) is 0 Å². The van der Waals surface area contributed by atoms with Crippen LogP contribution in [0.1, 0.15) is 97.8 Å². The monoisotopic (exact) mass is 353 g/mol. The molecule has 0 aromatic rings. The van der Waals surface area contributed by atoms with Crippen molar-refractivity contribution in [2.24, 2.45) is 11.5 Å². The summed E-state index contributed by atoms with van der Waals surface area (Å²) in [6.45, 7) is 9.47. The van der Waals surface area contributed by atoms with Gasteiger partial charge in [-0.05, 0) is 52.5 Å². The van der Waals surface area contributed by atoms with E-state index in [0.717, 1.165) is 19.6 Å². The van der Waals surface area contributed by atoms with Gasteiger partial charge in [0.1, 0.15) is 0 Å². The molecule has 0 aliphatic rings. The Kier molecular flexibility index (Phi) is 18.1. The Morgan fingerprint density at radius 1 is 0.680 bits per heavy atom. The van der Waals surface area contributed by atoms with Gasteiger partial charge in [0.05, 0.1) is 0 Å². The molecule has 0 heterocycles. The maximum Gasteiger partial charge on any atom is 0.0139 e. The van der Waals surface area contributed by atoms with Gasteiger partial charge in [-0.1, -0.05) is 64.0 Å². The molecule has 3 heteroatoms. The van der Waals surface area contributed by atoms with E-state index in [-0.39, 0.29) is 12.1 Å². The van der Waals surface area contributed by atoms with Gasteiger partial charge in [0.15, 0.2) is 0 Å². The lowest BCUT2D eigenvalue weighted by Crippen LogP contribution is -2.42. The largest absolute Gasteiger partial charge is 0.327 e. The van der Waals surface area contributed by atoms with Crippen molar-refractivity contribution in [1.29, 1.82) is 0 Å².